The highest BCUT2D eigenvalue weighted by Gasteiger charge is 1.99. The molecule has 92 valence electrons. The minimum atomic E-state index is -0.145. The van der Waals surface area contributed by atoms with Crippen molar-refractivity contribution in [1.82, 2.24) is 9.97 Å². The summed E-state index contributed by atoms with van der Waals surface area (Å²) in [5.74, 6) is 0.636. The van der Waals surface area contributed by atoms with Crippen LogP contribution in [0.25, 0.3) is 17.0 Å². The number of nitrogens with zero attached hydrogens (tertiary/aromatic N) is 1. The Morgan fingerprint density at radius 1 is 1.50 bits per heavy atom. The van der Waals surface area contributed by atoms with Crippen LogP contribution in [0.15, 0.2) is 35.4 Å². The van der Waals surface area contributed by atoms with Crippen molar-refractivity contribution in [2.45, 2.75) is 6.92 Å². The Kier molecular flexibility index (Phi) is 3.94. The first-order valence-corrected chi connectivity index (χ1v) is 6.43. The summed E-state index contributed by atoms with van der Waals surface area (Å²) >= 11 is 1.25. The van der Waals surface area contributed by atoms with Crippen molar-refractivity contribution in [3.8, 4) is 0 Å². The minimum Gasteiger partial charge on any atom is -0.313 e. The molecule has 0 atom stereocenters. The average Bonchev–Trinajstić information content (AvgIpc) is 2.35. The van der Waals surface area contributed by atoms with E-state index in [0.29, 0.717) is 16.7 Å². The molecule has 1 heterocycles. The Hall–Kier alpha value is -1.88. The van der Waals surface area contributed by atoms with Gasteiger partial charge in [0.2, 0.25) is 0 Å². The van der Waals surface area contributed by atoms with Gasteiger partial charge in [-0.2, -0.15) is 0 Å². The van der Waals surface area contributed by atoms with Crippen LogP contribution >= 0.6 is 11.8 Å². The highest BCUT2D eigenvalue weighted by molar-refractivity contribution is 8.13. The van der Waals surface area contributed by atoms with Crippen molar-refractivity contribution in [3.63, 3.8) is 0 Å². The van der Waals surface area contributed by atoms with Crippen LogP contribution in [-0.4, -0.2) is 20.8 Å². The zero-order valence-corrected chi connectivity index (χ0v) is 10.7. The molecule has 0 radical (unpaired) electrons. The second-order valence-electron chi connectivity index (χ2n) is 3.71. The quantitative estimate of drug-likeness (QED) is 0.919. The van der Waals surface area contributed by atoms with Gasteiger partial charge in [0, 0.05) is 12.7 Å². The number of hydrogen-bond acceptors (Lipinski definition) is 4. The van der Waals surface area contributed by atoms with Gasteiger partial charge in [0.15, 0.2) is 5.12 Å². The third-order valence-electron chi connectivity index (χ3n) is 2.36. The lowest BCUT2D eigenvalue weighted by molar-refractivity contribution is -0.109. The van der Waals surface area contributed by atoms with E-state index in [-0.39, 0.29) is 10.7 Å². The number of thioether (sulfide) groups is 1. The number of fused-ring (bicyclic) bond motifs is 1. The summed E-state index contributed by atoms with van der Waals surface area (Å²) in [4.78, 5) is 29.0. The van der Waals surface area contributed by atoms with Gasteiger partial charge >= 0.3 is 0 Å². The van der Waals surface area contributed by atoms with E-state index in [0.717, 1.165) is 5.56 Å². The van der Waals surface area contributed by atoms with Crippen LogP contribution in [0.5, 0.6) is 0 Å². The molecule has 0 bridgehead atoms. The normalized spacial score (nSPS) is 11.2. The lowest BCUT2D eigenvalue weighted by Crippen LogP contribution is -2.05. The molecule has 2 aromatic rings. The molecule has 0 aliphatic heterocycles. The van der Waals surface area contributed by atoms with Crippen LogP contribution in [0.3, 0.4) is 0 Å². The average molecular weight is 260 g/mol. The molecule has 0 fully saturated rings. The number of H-pyrrole nitrogens is 1. The van der Waals surface area contributed by atoms with E-state index >= 15 is 0 Å². The van der Waals surface area contributed by atoms with E-state index in [1.165, 1.54) is 18.1 Å². The summed E-state index contributed by atoms with van der Waals surface area (Å²) in [5, 5.41) is 0.665. The fourth-order valence-corrected chi connectivity index (χ4v) is 1.97. The van der Waals surface area contributed by atoms with Crippen LogP contribution in [0, 0.1) is 0 Å². The first-order valence-electron chi connectivity index (χ1n) is 5.44. The van der Waals surface area contributed by atoms with Crippen molar-refractivity contribution in [2.75, 3.05) is 5.75 Å². The molecular weight excluding hydrogens is 248 g/mol. The molecule has 0 aliphatic carbocycles. The SMILES string of the molecule is CC(=O)SCC=Cc1ccc2nc[nH]c(=O)c2c1. The minimum absolute atomic E-state index is 0.0961. The van der Waals surface area contributed by atoms with Gasteiger partial charge in [-0.25, -0.2) is 4.98 Å². The molecule has 2 rings (SSSR count). The number of hydrogen-bond donors (Lipinski definition) is 1. The van der Waals surface area contributed by atoms with Crippen molar-refractivity contribution in [3.05, 3.63) is 46.5 Å². The summed E-state index contributed by atoms with van der Waals surface area (Å²) in [5.41, 5.74) is 1.45. The standard InChI is InChI=1S/C13H12N2O2S/c1-9(16)18-6-2-3-10-4-5-12-11(7-10)13(17)15-8-14-12/h2-5,7-8H,6H2,1H3,(H,14,15,17). The number of rotatable bonds is 3. The second kappa shape index (κ2) is 5.64. The van der Waals surface area contributed by atoms with E-state index < -0.39 is 0 Å². The fourth-order valence-electron chi connectivity index (χ4n) is 1.54. The first-order chi connectivity index (χ1) is 8.66. The van der Waals surface area contributed by atoms with Crippen LogP contribution in [0.2, 0.25) is 0 Å². The molecule has 0 saturated heterocycles. The number of benzene rings is 1. The maximum absolute atomic E-state index is 11.6. The summed E-state index contributed by atoms with van der Waals surface area (Å²) in [7, 11) is 0. The summed E-state index contributed by atoms with van der Waals surface area (Å²) in [6.07, 6.45) is 5.18. The number of aromatic nitrogens is 2. The molecule has 5 heteroatoms. The lowest BCUT2D eigenvalue weighted by atomic mass is 10.1. The second-order valence-corrected chi connectivity index (χ2v) is 4.91. The summed E-state index contributed by atoms with van der Waals surface area (Å²) < 4.78 is 0. The Morgan fingerprint density at radius 3 is 3.11 bits per heavy atom. The number of aromatic amines is 1. The Bertz CT molecular complexity index is 661. The number of nitrogens with one attached hydrogen (secondary N) is 1. The predicted octanol–water partition coefficient (Wildman–Crippen LogP) is 2.22. The van der Waals surface area contributed by atoms with Crippen molar-refractivity contribution >= 4 is 33.9 Å². The van der Waals surface area contributed by atoms with E-state index in [1.807, 2.05) is 24.3 Å². The van der Waals surface area contributed by atoms with Gasteiger partial charge in [-0.3, -0.25) is 9.59 Å². The molecular formula is C13H12N2O2S. The smallest absolute Gasteiger partial charge is 0.258 e. The number of carbonyl (C=O) groups excluding carboxylic acids is 1. The van der Waals surface area contributed by atoms with Gasteiger partial charge in [-0.1, -0.05) is 30.0 Å². The number of carbonyl (C=O) groups is 1. The highest BCUT2D eigenvalue weighted by atomic mass is 32.2. The van der Waals surface area contributed by atoms with Gasteiger partial charge < -0.3 is 4.98 Å². The first kappa shape index (κ1) is 12.6. The van der Waals surface area contributed by atoms with Gasteiger partial charge in [0.1, 0.15) is 0 Å². The van der Waals surface area contributed by atoms with Crippen molar-refractivity contribution < 1.29 is 4.79 Å². The molecule has 1 aromatic heterocycles. The van der Waals surface area contributed by atoms with E-state index in [4.69, 9.17) is 0 Å². The molecule has 0 amide bonds. The molecule has 0 aliphatic rings. The molecule has 1 aromatic carbocycles. The monoisotopic (exact) mass is 260 g/mol. The van der Waals surface area contributed by atoms with Gasteiger partial charge in [0.25, 0.3) is 5.56 Å². The third kappa shape index (κ3) is 3.07. The fraction of sp³-hybridized carbons (Fsp3) is 0.154. The molecule has 1 N–H and O–H groups in total. The molecule has 0 unspecified atom stereocenters. The maximum atomic E-state index is 11.6. The lowest BCUT2D eigenvalue weighted by Gasteiger charge is -1.97. The van der Waals surface area contributed by atoms with E-state index in [9.17, 15) is 9.59 Å². The largest absolute Gasteiger partial charge is 0.313 e. The van der Waals surface area contributed by atoms with Gasteiger partial charge in [-0.15, -0.1) is 0 Å². The van der Waals surface area contributed by atoms with Crippen LogP contribution in [-0.2, 0) is 4.79 Å². The summed E-state index contributed by atoms with van der Waals surface area (Å²) in [6, 6.07) is 5.49. The molecule has 4 nitrogen and oxygen atoms in total. The van der Waals surface area contributed by atoms with Crippen LogP contribution < -0.4 is 5.56 Å². The molecule has 0 saturated carbocycles. The predicted molar refractivity (Wildman–Crippen MR) is 74.5 cm³/mol. The Balaban J connectivity index is 2.22. The Labute approximate surface area is 108 Å². The van der Waals surface area contributed by atoms with E-state index in [2.05, 4.69) is 9.97 Å². The zero-order valence-electron chi connectivity index (χ0n) is 9.84. The Morgan fingerprint density at radius 2 is 2.33 bits per heavy atom. The zero-order chi connectivity index (χ0) is 13.0. The van der Waals surface area contributed by atoms with Gasteiger partial charge in [0.05, 0.1) is 17.2 Å². The molecule has 18 heavy (non-hydrogen) atoms. The van der Waals surface area contributed by atoms with Crippen molar-refractivity contribution in [1.29, 1.82) is 0 Å². The third-order valence-corrected chi connectivity index (χ3v) is 3.12. The summed E-state index contributed by atoms with van der Waals surface area (Å²) in [6.45, 7) is 1.54. The van der Waals surface area contributed by atoms with Crippen LogP contribution in [0.4, 0.5) is 0 Å². The van der Waals surface area contributed by atoms with E-state index in [1.54, 1.807) is 13.0 Å². The molecule has 0 spiro atoms. The maximum Gasteiger partial charge on any atom is 0.258 e. The topological polar surface area (TPSA) is 62.8 Å². The highest BCUT2D eigenvalue weighted by Crippen LogP contribution is 2.11. The van der Waals surface area contributed by atoms with Crippen LogP contribution in [0.1, 0.15) is 12.5 Å². The van der Waals surface area contributed by atoms with Gasteiger partial charge in [-0.05, 0) is 17.7 Å². The van der Waals surface area contributed by atoms with Crippen molar-refractivity contribution in [2.24, 2.45) is 0 Å².